The molecule has 0 saturated carbocycles. The Bertz CT molecular complexity index is 513. The van der Waals surface area contributed by atoms with Crippen LogP contribution in [0.15, 0.2) is 30.3 Å². The van der Waals surface area contributed by atoms with Crippen LogP contribution >= 0.6 is 0 Å². The monoisotopic (exact) mass is 356 g/mol. The fourth-order valence-corrected chi connectivity index (χ4v) is 4.07. The summed E-state index contributed by atoms with van der Waals surface area (Å²) in [5.41, 5.74) is 2.93. The predicted octanol–water partition coefficient (Wildman–Crippen LogP) is 8.19. The van der Waals surface area contributed by atoms with Gasteiger partial charge in [0.15, 0.2) is 0 Å². The van der Waals surface area contributed by atoms with E-state index in [1.807, 2.05) is 0 Å². The van der Waals surface area contributed by atoms with E-state index in [4.69, 9.17) is 4.74 Å². The van der Waals surface area contributed by atoms with Crippen molar-refractivity contribution in [2.45, 2.75) is 104 Å². The van der Waals surface area contributed by atoms with Gasteiger partial charge in [0.25, 0.3) is 0 Å². The Morgan fingerprint density at radius 2 is 1.69 bits per heavy atom. The zero-order valence-corrected chi connectivity index (χ0v) is 17.4. The lowest BCUT2D eigenvalue weighted by molar-refractivity contribution is 0.210. The van der Waals surface area contributed by atoms with E-state index in [2.05, 4.69) is 51.1 Å². The molecule has 0 saturated heterocycles. The summed E-state index contributed by atoms with van der Waals surface area (Å²) in [4.78, 5) is 0. The van der Waals surface area contributed by atoms with E-state index < -0.39 is 0 Å². The normalized spacial score (nSPS) is 18.4. The molecule has 2 rings (SSSR count). The van der Waals surface area contributed by atoms with Gasteiger partial charge in [0, 0.05) is 0 Å². The minimum atomic E-state index is 0.308. The molecule has 0 spiro atoms. The number of ether oxygens (including phenoxy) is 1. The van der Waals surface area contributed by atoms with Crippen LogP contribution in [0.25, 0.3) is 5.57 Å². The van der Waals surface area contributed by atoms with Gasteiger partial charge in [-0.1, -0.05) is 83.4 Å². The third kappa shape index (κ3) is 7.56. The first-order chi connectivity index (χ1) is 12.7. The van der Waals surface area contributed by atoms with Crippen molar-refractivity contribution in [1.29, 1.82) is 0 Å². The zero-order chi connectivity index (χ0) is 18.6. The van der Waals surface area contributed by atoms with Crippen LogP contribution in [0.1, 0.15) is 103 Å². The van der Waals surface area contributed by atoms with Crippen molar-refractivity contribution >= 4 is 5.57 Å². The number of hydrogen-bond acceptors (Lipinski definition) is 1. The minimum absolute atomic E-state index is 0.308. The summed E-state index contributed by atoms with van der Waals surface area (Å²) in [5, 5.41) is 0. The second-order valence-corrected chi connectivity index (χ2v) is 8.17. The molecule has 0 bridgehead atoms. The Morgan fingerprint density at radius 3 is 2.35 bits per heavy atom. The first kappa shape index (κ1) is 21.1. The van der Waals surface area contributed by atoms with Gasteiger partial charge in [-0.15, -0.1) is 0 Å². The zero-order valence-electron chi connectivity index (χ0n) is 17.4. The fraction of sp³-hybridized carbons (Fsp3) is 0.680. The molecule has 1 nitrogen and oxygen atoms in total. The number of hydrogen-bond donors (Lipinski definition) is 0. The van der Waals surface area contributed by atoms with Crippen molar-refractivity contribution in [2.75, 3.05) is 0 Å². The Morgan fingerprint density at radius 1 is 0.962 bits per heavy atom. The highest BCUT2D eigenvalue weighted by atomic mass is 16.5. The summed E-state index contributed by atoms with van der Waals surface area (Å²) in [6, 6.07) is 8.78. The topological polar surface area (TPSA) is 9.23 Å². The van der Waals surface area contributed by atoms with Crippen molar-refractivity contribution in [3.8, 4) is 5.75 Å². The van der Waals surface area contributed by atoms with Gasteiger partial charge >= 0.3 is 0 Å². The summed E-state index contributed by atoms with van der Waals surface area (Å²) in [7, 11) is 0. The first-order valence-electron chi connectivity index (χ1n) is 11.2. The molecule has 1 aromatic carbocycles. The average molecular weight is 357 g/mol. The third-order valence-corrected chi connectivity index (χ3v) is 5.74. The van der Waals surface area contributed by atoms with Crippen LogP contribution in [0, 0.1) is 5.92 Å². The molecule has 0 aliphatic heterocycles. The molecule has 2 atom stereocenters. The lowest BCUT2D eigenvalue weighted by Crippen LogP contribution is -2.10. The quantitative estimate of drug-likeness (QED) is 0.343. The third-order valence-electron chi connectivity index (χ3n) is 5.74. The summed E-state index contributed by atoms with van der Waals surface area (Å²) in [6.45, 7) is 6.66. The SMILES string of the molecule is CCCCCCCCC1CC=C(c2ccc(OC(C)CCC)cc2)CC1. The van der Waals surface area contributed by atoms with E-state index >= 15 is 0 Å². The second kappa shape index (κ2) is 12.2. The van der Waals surface area contributed by atoms with E-state index in [1.54, 1.807) is 0 Å². The number of benzene rings is 1. The van der Waals surface area contributed by atoms with Gasteiger partial charge in [0.05, 0.1) is 6.10 Å². The van der Waals surface area contributed by atoms with E-state index in [0.717, 1.165) is 18.1 Å². The fourth-order valence-electron chi connectivity index (χ4n) is 4.07. The Kier molecular flexibility index (Phi) is 9.89. The van der Waals surface area contributed by atoms with Gasteiger partial charge in [-0.05, 0) is 61.8 Å². The minimum Gasteiger partial charge on any atom is -0.491 e. The molecule has 1 heteroatoms. The highest BCUT2D eigenvalue weighted by Gasteiger charge is 2.15. The maximum atomic E-state index is 5.97. The maximum absolute atomic E-state index is 5.97. The largest absolute Gasteiger partial charge is 0.491 e. The summed E-state index contributed by atoms with van der Waals surface area (Å²) in [6.07, 6.45) is 18.9. The molecule has 0 radical (unpaired) electrons. The Hall–Kier alpha value is -1.24. The van der Waals surface area contributed by atoms with Crippen LogP contribution in [-0.4, -0.2) is 6.10 Å². The average Bonchev–Trinajstić information content (AvgIpc) is 2.66. The first-order valence-corrected chi connectivity index (χ1v) is 11.2. The molecule has 2 unspecified atom stereocenters. The van der Waals surface area contributed by atoms with Gasteiger partial charge in [-0.3, -0.25) is 0 Å². The number of unbranched alkanes of at least 4 members (excludes halogenated alkanes) is 5. The van der Waals surface area contributed by atoms with Crippen molar-refractivity contribution in [1.82, 2.24) is 0 Å². The highest BCUT2D eigenvalue weighted by molar-refractivity contribution is 5.66. The molecule has 1 aliphatic carbocycles. The highest BCUT2D eigenvalue weighted by Crippen LogP contribution is 2.33. The molecule has 0 heterocycles. The molecule has 0 aromatic heterocycles. The lowest BCUT2D eigenvalue weighted by Gasteiger charge is -2.22. The van der Waals surface area contributed by atoms with Crippen LogP contribution in [0.2, 0.25) is 0 Å². The van der Waals surface area contributed by atoms with Gasteiger partial charge in [-0.25, -0.2) is 0 Å². The van der Waals surface area contributed by atoms with Crippen molar-refractivity contribution in [2.24, 2.45) is 5.92 Å². The smallest absolute Gasteiger partial charge is 0.119 e. The maximum Gasteiger partial charge on any atom is 0.119 e. The van der Waals surface area contributed by atoms with Crippen molar-refractivity contribution < 1.29 is 4.74 Å². The van der Waals surface area contributed by atoms with Crippen molar-refractivity contribution in [3.63, 3.8) is 0 Å². The van der Waals surface area contributed by atoms with Crippen LogP contribution in [0.4, 0.5) is 0 Å². The number of allylic oxidation sites excluding steroid dienone is 2. The molecular weight excluding hydrogens is 316 g/mol. The molecular formula is C25H40O. The second-order valence-electron chi connectivity index (χ2n) is 8.17. The van der Waals surface area contributed by atoms with Gasteiger partial charge < -0.3 is 4.74 Å². The van der Waals surface area contributed by atoms with E-state index in [-0.39, 0.29) is 0 Å². The Labute approximate surface area is 162 Å². The lowest BCUT2D eigenvalue weighted by atomic mass is 9.84. The van der Waals surface area contributed by atoms with Crippen LogP contribution in [0.5, 0.6) is 5.75 Å². The van der Waals surface area contributed by atoms with E-state index in [0.29, 0.717) is 6.10 Å². The predicted molar refractivity (Wildman–Crippen MR) is 115 cm³/mol. The van der Waals surface area contributed by atoms with E-state index in [1.165, 1.54) is 81.8 Å². The van der Waals surface area contributed by atoms with Crippen molar-refractivity contribution in [3.05, 3.63) is 35.9 Å². The molecule has 146 valence electrons. The van der Waals surface area contributed by atoms with Gasteiger partial charge in [0.2, 0.25) is 0 Å². The molecule has 0 fully saturated rings. The molecule has 0 N–H and O–H groups in total. The van der Waals surface area contributed by atoms with Crippen LogP contribution in [-0.2, 0) is 0 Å². The Balaban J connectivity index is 1.72. The van der Waals surface area contributed by atoms with Crippen LogP contribution < -0.4 is 4.74 Å². The van der Waals surface area contributed by atoms with Gasteiger partial charge in [-0.2, -0.15) is 0 Å². The summed E-state index contributed by atoms with van der Waals surface area (Å²) < 4.78 is 5.97. The molecule has 26 heavy (non-hydrogen) atoms. The molecule has 1 aromatic rings. The van der Waals surface area contributed by atoms with Gasteiger partial charge in [0.1, 0.15) is 5.75 Å². The standard InChI is InChI=1S/C25H40O/c1-4-6-7-8-9-10-12-22-13-15-23(16-14-22)24-17-19-25(20-18-24)26-21(3)11-5-2/h15,17-22H,4-14,16H2,1-3H3. The molecule has 0 amide bonds. The summed E-state index contributed by atoms with van der Waals surface area (Å²) in [5.74, 6) is 1.93. The molecule has 1 aliphatic rings. The summed E-state index contributed by atoms with van der Waals surface area (Å²) >= 11 is 0. The van der Waals surface area contributed by atoms with E-state index in [9.17, 15) is 0 Å². The van der Waals surface area contributed by atoms with Crippen LogP contribution in [0.3, 0.4) is 0 Å². The number of rotatable bonds is 12.